The molecule has 1 heterocycles. The maximum Gasteiger partial charge on any atom is 0.242 e. The lowest BCUT2D eigenvalue weighted by atomic mass is 10.2. The lowest BCUT2D eigenvalue weighted by molar-refractivity contribution is 0.543. The van der Waals surface area contributed by atoms with Gasteiger partial charge in [-0.05, 0) is 42.8 Å². The van der Waals surface area contributed by atoms with Crippen molar-refractivity contribution in [3.05, 3.63) is 28.8 Å². The Morgan fingerprint density at radius 3 is 2.90 bits per heavy atom. The summed E-state index contributed by atoms with van der Waals surface area (Å²) in [7, 11) is -3.56. The number of thioether (sulfide) groups is 1. The van der Waals surface area contributed by atoms with E-state index in [0.717, 1.165) is 36.5 Å². The molecular formula is C14H21ClN2O2S2. The Hall–Kier alpha value is -0.270. The molecule has 1 fully saturated rings. The van der Waals surface area contributed by atoms with Crippen LogP contribution in [-0.4, -0.2) is 32.5 Å². The Bertz CT molecular complexity index is 572. The van der Waals surface area contributed by atoms with Gasteiger partial charge in [0.15, 0.2) is 0 Å². The van der Waals surface area contributed by atoms with Crippen molar-refractivity contribution in [2.75, 3.05) is 18.1 Å². The molecule has 2 N–H and O–H groups in total. The summed E-state index contributed by atoms with van der Waals surface area (Å²) in [6, 6.07) is 5.16. The first kappa shape index (κ1) is 17.1. The SMILES string of the molecule is CCNCc1ccc(Cl)c(S(=O)(=O)NC2CCCSC2)c1. The molecule has 0 spiro atoms. The molecule has 1 saturated heterocycles. The van der Waals surface area contributed by atoms with E-state index in [1.54, 1.807) is 23.9 Å². The van der Waals surface area contributed by atoms with Crippen LogP contribution >= 0.6 is 23.4 Å². The third kappa shape index (κ3) is 4.86. The normalized spacial score (nSPS) is 19.6. The van der Waals surface area contributed by atoms with Crippen molar-refractivity contribution < 1.29 is 8.42 Å². The number of rotatable bonds is 6. The molecule has 0 radical (unpaired) electrons. The average molecular weight is 349 g/mol. The number of sulfonamides is 1. The minimum absolute atomic E-state index is 0.00207. The highest BCUT2D eigenvalue weighted by Gasteiger charge is 2.24. The maximum absolute atomic E-state index is 12.5. The highest BCUT2D eigenvalue weighted by molar-refractivity contribution is 7.99. The molecule has 7 heteroatoms. The second-order valence-corrected chi connectivity index (χ2v) is 8.32. The molecule has 0 aliphatic carbocycles. The number of benzene rings is 1. The standard InChI is InChI=1S/C14H21ClN2O2S2/c1-2-16-9-11-5-6-13(15)14(8-11)21(18,19)17-12-4-3-7-20-10-12/h5-6,8,12,16-17H,2-4,7,9-10H2,1H3. The van der Waals surface area contributed by atoms with E-state index < -0.39 is 10.0 Å². The van der Waals surface area contributed by atoms with Crippen molar-refractivity contribution in [2.45, 2.75) is 37.2 Å². The van der Waals surface area contributed by atoms with Crippen molar-refractivity contribution in [3.63, 3.8) is 0 Å². The third-order valence-corrected chi connectivity index (χ3v) is 6.56. The minimum Gasteiger partial charge on any atom is -0.313 e. The molecule has 2 rings (SSSR count). The molecule has 4 nitrogen and oxygen atoms in total. The van der Waals surface area contributed by atoms with E-state index in [1.165, 1.54) is 0 Å². The molecule has 1 aliphatic rings. The summed E-state index contributed by atoms with van der Waals surface area (Å²) in [5.74, 6) is 1.94. The van der Waals surface area contributed by atoms with Gasteiger partial charge >= 0.3 is 0 Å². The van der Waals surface area contributed by atoms with Crippen molar-refractivity contribution in [1.82, 2.24) is 10.0 Å². The summed E-state index contributed by atoms with van der Waals surface area (Å²) in [5, 5.41) is 3.45. The van der Waals surface area contributed by atoms with Crippen molar-refractivity contribution in [3.8, 4) is 0 Å². The summed E-state index contributed by atoms with van der Waals surface area (Å²) < 4.78 is 27.8. The van der Waals surface area contributed by atoms with Gasteiger partial charge in [0.25, 0.3) is 0 Å². The molecule has 118 valence electrons. The fraction of sp³-hybridized carbons (Fsp3) is 0.571. The lowest BCUT2D eigenvalue weighted by Gasteiger charge is -2.22. The van der Waals surface area contributed by atoms with Crippen LogP contribution in [-0.2, 0) is 16.6 Å². The summed E-state index contributed by atoms with van der Waals surface area (Å²) in [6.07, 6.45) is 1.94. The highest BCUT2D eigenvalue weighted by Crippen LogP contribution is 2.25. The fourth-order valence-electron chi connectivity index (χ4n) is 2.25. The van der Waals surface area contributed by atoms with Gasteiger partial charge < -0.3 is 5.32 Å². The number of nitrogens with one attached hydrogen (secondary N) is 2. The molecule has 0 amide bonds. The van der Waals surface area contributed by atoms with Crippen LogP contribution in [0, 0.1) is 0 Å². The highest BCUT2D eigenvalue weighted by atomic mass is 35.5. The zero-order valence-electron chi connectivity index (χ0n) is 12.1. The molecule has 21 heavy (non-hydrogen) atoms. The molecule has 0 aromatic heterocycles. The van der Waals surface area contributed by atoms with Crippen LogP contribution in [0.3, 0.4) is 0 Å². The van der Waals surface area contributed by atoms with Gasteiger partial charge in [0, 0.05) is 18.3 Å². The van der Waals surface area contributed by atoms with Gasteiger partial charge in [-0.3, -0.25) is 0 Å². The first-order chi connectivity index (χ1) is 10.0. The van der Waals surface area contributed by atoms with Crippen LogP contribution in [0.15, 0.2) is 23.1 Å². The second kappa shape index (κ2) is 7.83. The van der Waals surface area contributed by atoms with E-state index in [1.807, 2.05) is 13.0 Å². The Labute approximate surface area is 136 Å². The number of halogens is 1. The van der Waals surface area contributed by atoms with E-state index in [0.29, 0.717) is 6.54 Å². The summed E-state index contributed by atoms with van der Waals surface area (Å²) in [6.45, 7) is 3.48. The van der Waals surface area contributed by atoms with E-state index in [4.69, 9.17) is 11.6 Å². The van der Waals surface area contributed by atoms with Crippen molar-refractivity contribution in [1.29, 1.82) is 0 Å². The van der Waals surface area contributed by atoms with Crippen LogP contribution in [0.4, 0.5) is 0 Å². The minimum atomic E-state index is -3.56. The van der Waals surface area contributed by atoms with Crippen molar-refractivity contribution >= 4 is 33.4 Å². The van der Waals surface area contributed by atoms with Gasteiger partial charge in [0.2, 0.25) is 10.0 Å². The third-order valence-electron chi connectivity index (χ3n) is 3.35. The lowest BCUT2D eigenvalue weighted by Crippen LogP contribution is -2.38. The Morgan fingerprint density at radius 1 is 1.43 bits per heavy atom. The fourth-order valence-corrected chi connectivity index (χ4v) is 5.25. The van der Waals surface area contributed by atoms with Crippen molar-refractivity contribution in [2.24, 2.45) is 0 Å². The molecule has 1 atom stereocenters. The topological polar surface area (TPSA) is 58.2 Å². The van der Waals surface area contributed by atoms with Gasteiger partial charge in [0.1, 0.15) is 4.90 Å². The predicted octanol–water partition coefficient (Wildman–Crippen LogP) is 2.62. The zero-order valence-corrected chi connectivity index (χ0v) is 14.5. The summed E-state index contributed by atoms with van der Waals surface area (Å²) >= 11 is 7.88. The van der Waals surface area contributed by atoms with Crippen LogP contribution in [0.1, 0.15) is 25.3 Å². The van der Waals surface area contributed by atoms with Gasteiger partial charge in [-0.25, -0.2) is 13.1 Å². The number of hydrogen-bond donors (Lipinski definition) is 2. The molecular weight excluding hydrogens is 328 g/mol. The molecule has 1 aromatic carbocycles. The Balaban J connectivity index is 2.17. The summed E-state index contributed by atoms with van der Waals surface area (Å²) in [4.78, 5) is 0.176. The van der Waals surface area contributed by atoms with Gasteiger partial charge in [-0.2, -0.15) is 11.8 Å². The largest absolute Gasteiger partial charge is 0.313 e. The van der Waals surface area contributed by atoms with E-state index in [-0.39, 0.29) is 16.0 Å². The monoisotopic (exact) mass is 348 g/mol. The first-order valence-corrected chi connectivity index (χ1v) is 10.1. The molecule has 1 aromatic rings. The maximum atomic E-state index is 12.5. The van der Waals surface area contributed by atoms with Crippen LogP contribution in [0.5, 0.6) is 0 Å². The Morgan fingerprint density at radius 2 is 2.24 bits per heavy atom. The average Bonchev–Trinajstić information content (AvgIpc) is 2.47. The zero-order chi connectivity index (χ0) is 15.3. The van der Waals surface area contributed by atoms with E-state index in [2.05, 4.69) is 10.0 Å². The van der Waals surface area contributed by atoms with E-state index >= 15 is 0 Å². The summed E-state index contributed by atoms with van der Waals surface area (Å²) in [5.41, 5.74) is 0.916. The second-order valence-electron chi connectivity index (χ2n) is 5.08. The van der Waals surface area contributed by atoms with E-state index in [9.17, 15) is 8.42 Å². The van der Waals surface area contributed by atoms with Gasteiger partial charge in [-0.15, -0.1) is 0 Å². The van der Waals surface area contributed by atoms with Gasteiger partial charge in [0.05, 0.1) is 5.02 Å². The van der Waals surface area contributed by atoms with Crippen LogP contribution in [0.2, 0.25) is 5.02 Å². The molecule has 1 unspecified atom stereocenters. The number of hydrogen-bond acceptors (Lipinski definition) is 4. The van der Waals surface area contributed by atoms with Gasteiger partial charge in [-0.1, -0.05) is 24.6 Å². The first-order valence-electron chi connectivity index (χ1n) is 7.12. The Kier molecular flexibility index (Phi) is 6.37. The van der Waals surface area contributed by atoms with Crippen LogP contribution < -0.4 is 10.0 Å². The molecule has 1 aliphatic heterocycles. The quantitative estimate of drug-likeness (QED) is 0.829. The molecule has 0 bridgehead atoms. The van der Waals surface area contributed by atoms with Crippen LogP contribution in [0.25, 0.3) is 0 Å². The predicted molar refractivity (Wildman–Crippen MR) is 89.5 cm³/mol. The molecule has 0 saturated carbocycles. The smallest absolute Gasteiger partial charge is 0.242 e.